The molecule has 0 atom stereocenters. The van der Waals surface area contributed by atoms with Crippen molar-refractivity contribution < 1.29 is 9.59 Å². The van der Waals surface area contributed by atoms with E-state index in [0.29, 0.717) is 9.21 Å². The van der Waals surface area contributed by atoms with Gasteiger partial charge in [0.15, 0.2) is 5.78 Å². The van der Waals surface area contributed by atoms with Crippen LogP contribution in [0, 0.1) is 0 Å². The minimum absolute atomic E-state index is 0.0419. The molecule has 2 aromatic rings. The number of benzene rings is 1. The monoisotopic (exact) mass is 319 g/mol. The maximum Gasteiger partial charge on any atom is 0.237 e. The Kier molecular flexibility index (Phi) is 3.38. The van der Waals surface area contributed by atoms with Gasteiger partial charge < -0.3 is 4.90 Å². The van der Waals surface area contributed by atoms with Crippen molar-refractivity contribution in [3.8, 4) is 0 Å². The smallest absolute Gasteiger partial charge is 0.237 e. The normalized spacial score (nSPS) is 16.1. The summed E-state index contributed by atoms with van der Waals surface area (Å²) in [6, 6.07) is 11.0. The number of ketones is 1. The lowest BCUT2D eigenvalue weighted by atomic mass is 9.86. The summed E-state index contributed by atoms with van der Waals surface area (Å²) in [5.41, 5.74) is 1.19. The molecule has 1 amide bonds. The van der Waals surface area contributed by atoms with E-state index in [9.17, 15) is 9.59 Å². The van der Waals surface area contributed by atoms with Gasteiger partial charge >= 0.3 is 0 Å². The average molecular weight is 320 g/mol. The Morgan fingerprint density at radius 2 is 1.95 bits per heavy atom. The molecule has 1 aliphatic heterocycles. The molecular formula is C16H14ClNO2S. The molecular weight excluding hydrogens is 306 g/mol. The average Bonchev–Trinajstić information content (AvgIpc) is 2.96. The van der Waals surface area contributed by atoms with E-state index in [0.717, 1.165) is 11.3 Å². The van der Waals surface area contributed by atoms with E-state index in [4.69, 9.17) is 11.6 Å². The van der Waals surface area contributed by atoms with Gasteiger partial charge in [0.1, 0.15) is 0 Å². The van der Waals surface area contributed by atoms with Crippen LogP contribution in [-0.2, 0) is 10.2 Å². The molecule has 2 heterocycles. The molecule has 0 N–H and O–H groups in total. The molecule has 0 saturated heterocycles. The molecule has 1 aromatic heterocycles. The maximum absolute atomic E-state index is 12.6. The molecule has 0 unspecified atom stereocenters. The van der Waals surface area contributed by atoms with E-state index >= 15 is 0 Å². The summed E-state index contributed by atoms with van der Waals surface area (Å²) in [5, 5.41) is 0. The Morgan fingerprint density at radius 3 is 2.62 bits per heavy atom. The number of Topliss-reactive ketones (excluding diaryl/α,β-unsaturated/α-hetero) is 1. The van der Waals surface area contributed by atoms with E-state index in [1.54, 1.807) is 17.0 Å². The van der Waals surface area contributed by atoms with Crippen LogP contribution in [0.1, 0.15) is 29.1 Å². The third-order valence-corrected chi connectivity index (χ3v) is 5.07. The number of carbonyl (C=O) groups excluding carboxylic acids is 2. The highest BCUT2D eigenvalue weighted by molar-refractivity contribution is 7.18. The molecule has 5 heteroatoms. The number of rotatable bonds is 3. The number of amides is 1. The molecule has 1 aliphatic rings. The number of nitrogens with zero attached hydrogens (tertiary/aromatic N) is 1. The van der Waals surface area contributed by atoms with E-state index in [2.05, 4.69) is 0 Å². The van der Waals surface area contributed by atoms with Crippen molar-refractivity contribution in [3.05, 3.63) is 51.2 Å². The first kappa shape index (κ1) is 14.3. The third kappa shape index (κ3) is 2.28. The lowest BCUT2D eigenvalue weighted by Gasteiger charge is -2.19. The van der Waals surface area contributed by atoms with Gasteiger partial charge in [-0.2, -0.15) is 0 Å². The van der Waals surface area contributed by atoms with Crippen molar-refractivity contribution in [1.82, 2.24) is 0 Å². The van der Waals surface area contributed by atoms with Crippen LogP contribution >= 0.6 is 22.9 Å². The Labute approximate surface area is 132 Å². The largest absolute Gasteiger partial charge is 0.304 e. The molecule has 0 fully saturated rings. The van der Waals surface area contributed by atoms with Crippen LogP contribution in [0.15, 0.2) is 36.4 Å². The van der Waals surface area contributed by atoms with Gasteiger partial charge in [0.05, 0.1) is 21.2 Å². The maximum atomic E-state index is 12.6. The number of fused-ring (bicyclic) bond motifs is 1. The summed E-state index contributed by atoms with van der Waals surface area (Å²) >= 11 is 7.10. The van der Waals surface area contributed by atoms with Crippen LogP contribution in [0.5, 0.6) is 0 Å². The third-order valence-electron chi connectivity index (χ3n) is 3.80. The summed E-state index contributed by atoms with van der Waals surface area (Å²) in [5.74, 6) is -0.132. The summed E-state index contributed by atoms with van der Waals surface area (Å²) < 4.78 is 0.576. The van der Waals surface area contributed by atoms with Gasteiger partial charge in [-0.1, -0.05) is 29.8 Å². The lowest BCUT2D eigenvalue weighted by Crippen LogP contribution is -2.39. The zero-order valence-electron chi connectivity index (χ0n) is 11.7. The molecule has 0 radical (unpaired) electrons. The number of hydrogen-bond donors (Lipinski definition) is 0. The predicted molar refractivity (Wildman–Crippen MR) is 85.5 cm³/mol. The second-order valence-electron chi connectivity index (χ2n) is 5.56. The fraction of sp³-hybridized carbons (Fsp3) is 0.250. The summed E-state index contributed by atoms with van der Waals surface area (Å²) in [6.07, 6.45) is 0. The number of hydrogen-bond acceptors (Lipinski definition) is 3. The van der Waals surface area contributed by atoms with Crippen molar-refractivity contribution in [1.29, 1.82) is 0 Å². The van der Waals surface area contributed by atoms with Crippen LogP contribution in [0.4, 0.5) is 5.69 Å². The number of anilines is 1. The molecule has 0 saturated carbocycles. The topological polar surface area (TPSA) is 37.4 Å². The first-order valence-corrected chi connectivity index (χ1v) is 7.80. The molecule has 0 spiro atoms. The fourth-order valence-corrected chi connectivity index (χ4v) is 3.62. The minimum atomic E-state index is -0.593. The predicted octanol–water partition coefficient (Wildman–Crippen LogP) is 3.91. The second kappa shape index (κ2) is 4.97. The van der Waals surface area contributed by atoms with Crippen LogP contribution in [-0.4, -0.2) is 18.2 Å². The molecule has 0 aliphatic carbocycles. The number of para-hydroxylation sites is 1. The Hall–Kier alpha value is -1.65. The van der Waals surface area contributed by atoms with Crippen molar-refractivity contribution >= 4 is 40.3 Å². The summed E-state index contributed by atoms with van der Waals surface area (Å²) in [6.45, 7) is 3.83. The van der Waals surface area contributed by atoms with E-state index in [1.807, 2.05) is 38.1 Å². The quantitative estimate of drug-likeness (QED) is 0.804. The molecule has 3 nitrogen and oxygen atoms in total. The Morgan fingerprint density at radius 1 is 1.24 bits per heavy atom. The molecule has 1 aromatic carbocycles. The zero-order valence-corrected chi connectivity index (χ0v) is 13.3. The first-order valence-electron chi connectivity index (χ1n) is 6.61. The number of carbonyl (C=O) groups is 2. The van der Waals surface area contributed by atoms with Gasteiger partial charge in [-0.3, -0.25) is 9.59 Å². The fourth-order valence-electron chi connectivity index (χ4n) is 2.64. The SMILES string of the molecule is CC1(C)C(=O)N(CC(=O)c2ccc(Cl)s2)c2ccccc21. The van der Waals surface area contributed by atoms with Crippen molar-refractivity contribution in [2.45, 2.75) is 19.3 Å². The van der Waals surface area contributed by atoms with E-state index < -0.39 is 5.41 Å². The molecule has 0 bridgehead atoms. The van der Waals surface area contributed by atoms with Gasteiger partial charge in [-0.05, 0) is 37.6 Å². The Balaban J connectivity index is 1.93. The highest BCUT2D eigenvalue weighted by Gasteiger charge is 2.44. The highest BCUT2D eigenvalue weighted by atomic mass is 35.5. The lowest BCUT2D eigenvalue weighted by molar-refractivity contribution is -0.122. The zero-order chi connectivity index (χ0) is 15.2. The summed E-state index contributed by atoms with van der Waals surface area (Å²) in [7, 11) is 0. The van der Waals surface area contributed by atoms with Gasteiger partial charge in [0.2, 0.25) is 5.91 Å². The highest BCUT2D eigenvalue weighted by Crippen LogP contribution is 2.41. The van der Waals surface area contributed by atoms with E-state index in [1.165, 1.54) is 11.3 Å². The first-order chi connectivity index (χ1) is 9.91. The van der Waals surface area contributed by atoms with Crippen molar-refractivity contribution in [2.75, 3.05) is 11.4 Å². The van der Waals surface area contributed by atoms with Crippen molar-refractivity contribution in [2.24, 2.45) is 0 Å². The molecule has 3 rings (SSSR count). The van der Waals surface area contributed by atoms with Gasteiger partial charge in [0.25, 0.3) is 0 Å². The van der Waals surface area contributed by atoms with Crippen LogP contribution in [0.25, 0.3) is 0 Å². The minimum Gasteiger partial charge on any atom is -0.304 e. The van der Waals surface area contributed by atoms with Crippen LogP contribution in [0.2, 0.25) is 4.34 Å². The van der Waals surface area contributed by atoms with Gasteiger partial charge in [-0.15, -0.1) is 11.3 Å². The Bertz CT molecular complexity index is 735. The van der Waals surface area contributed by atoms with Crippen LogP contribution < -0.4 is 4.90 Å². The van der Waals surface area contributed by atoms with E-state index in [-0.39, 0.29) is 18.2 Å². The van der Waals surface area contributed by atoms with Crippen LogP contribution in [0.3, 0.4) is 0 Å². The van der Waals surface area contributed by atoms with Gasteiger partial charge in [0, 0.05) is 5.69 Å². The summed E-state index contributed by atoms with van der Waals surface area (Å²) in [4.78, 5) is 27.1. The molecule has 21 heavy (non-hydrogen) atoms. The van der Waals surface area contributed by atoms with Crippen molar-refractivity contribution in [3.63, 3.8) is 0 Å². The second-order valence-corrected chi connectivity index (χ2v) is 7.28. The number of halogens is 1. The number of thiophene rings is 1. The standard InChI is InChI=1S/C16H14ClNO2S/c1-16(2)10-5-3-4-6-11(10)18(15(16)20)9-12(19)13-7-8-14(17)21-13/h3-8H,9H2,1-2H3. The molecule has 108 valence electrons. The van der Waals surface area contributed by atoms with Gasteiger partial charge in [-0.25, -0.2) is 0 Å².